The van der Waals surface area contributed by atoms with Gasteiger partial charge in [0.15, 0.2) is 5.78 Å². The fourth-order valence-electron chi connectivity index (χ4n) is 2.24. The number of benzene rings is 1. The Bertz CT molecular complexity index is 606. The van der Waals surface area contributed by atoms with Gasteiger partial charge in [-0.25, -0.2) is 4.79 Å². The summed E-state index contributed by atoms with van der Waals surface area (Å²) in [7, 11) is 1.91. The predicted octanol–water partition coefficient (Wildman–Crippen LogP) is 1.74. The Labute approximate surface area is 130 Å². The van der Waals surface area contributed by atoms with Crippen LogP contribution in [0.15, 0.2) is 53.9 Å². The zero-order chi connectivity index (χ0) is 15.9. The van der Waals surface area contributed by atoms with Crippen LogP contribution in [-0.4, -0.2) is 43.4 Å². The maximum absolute atomic E-state index is 12.7. The van der Waals surface area contributed by atoms with Crippen molar-refractivity contribution < 1.29 is 14.3 Å². The van der Waals surface area contributed by atoms with Crippen LogP contribution in [0.25, 0.3) is 0 Å². The van der Waals surface area contributed by atoms with Gasteiger partial charge in [0.25, 0.3) is 0 Å². The first-order valence-electron chi connectivity index (χ1n) is 7.27. The summed E-state index contributed by atoms with van der Waals surface area (Å²) in [6, 6.07) is 9.01. The first-order valence-corrected chi connectivity index (χ1v) is 7.27. The second-order valence-electron chi connectivity index (χ2n) is 4.89. The Hall–Kier alpha value is -2.56. The van der Waals surface area contributed by atoms with E-state index >= 15 is 0 Å². The van der Waals surface area contributed by atoms with Gasteiger partial charge in [-0.05, 0) is 13.0 Å². The molecule has 1 aromatic rings. The van der Waals surface area contributed by atoms with E-state index in [2.05, 4.69) is 5.32 Å². The van der Waals surface area contributed by atoms with E-state index < -0.39 is 5.97 Å². The number of nitrogens with one attached hydrogen (secondary N) is 1. The minimum Gasteiger partial charge on any atom is -0.463 e. The summed E-state index contributed by atoms with van der Waals surface area (Å²) >= 11 is 0. The molecule has 0 aliphatic carbocycles. The van der Waals surface area contributed by atoms with Gasteiger partial charge in [0.05, 0.1) is 12.2 Å². The first-order chi connectivity index (χ1) is 10.6. The van der Waals surface area contributed by atoms with Gasteiger partial charge in [-0.2, -0.15) is 0 Å². The van der Waals surface area contributed by atoms with Crippen molar-refractivity contribution in [2.24, 2.45) is 0 Å². The topological polar surface area (TPSA) is 58.6 Å². The third-order valence-electron chi connectivity index (χ3n) is 3.33. The minimum atomic E-state index is -0.456. The van der Waals surface area contributed by atoms with Crippen LogP contribution in [0.5, 0.6) is 0 Å². The van der Waals surface area contributed by atoms with Crippen molar-refractivity contribution in [3.8, 4) is 0 Å². The monoisotopic (exact) mass is 300 g/mol. The van der Waals surface area contributed by atoms with Gasteiger partial charge in [-0.1, -0.05) is 30.3 Å². The number of likely N-dealkylation sites (N-methyl/N-ethyl adjacent to an activating group) is 1. The zero-order valence-electron chi connectivity index (χ0n) is 12.8. The molecular formula is C17H20N2O3. The number of nitrogens with zero attached hydrogens (tertiary/aromatic N) is 1. The van der Waals surface area contributed by atoms with Crippen LogP contribution in [0.4, 0.5) is 0 Å². The van der Waals surface area contributed by atoms with E-state index in [1.807, 2.05) is 30.1 Å². The molecule has 5 heteroatoms. The number of ether oxygens (including phenoxy) is 1. The molecular weight excluding hydrogens is 280 g/mol. The summed E-state index contributed by atoms with van der Waals surface area (Å²) in [6.45, 7) is 3.63. The number of ketones is 1. The summed E-state index contributed by atoms with van der Waals surface area (Å²) in [6.07, 6.45) is 2.82. The Morgan fingerprint density at radius 2 is 2.00 bits per heavy atom. The second kappa shape index (κ2) is 7.45. The molecule has 1 aliphatic rings. The van der Waals surface area contributed by atoms with Crippen LogP contribution >= 0.6 is 0 Å². The normalized spacial score (nSPS) is 16.5. The van der Waals surface area contributed by atoms with Crippen molar-refractivity contribution in [2.45, 2.75) is 6.92 Å². The van der Waals surface area contributed by atoms with Crippen LogP contribution in [0.3, 0.4) is 0 Å². The SMILES string of the molecule is CCOC(=O)/C=C/C(C(=O)c1ccccc1)=C1/NCCN1C. The number of hydrogen-bond acceptors (Lipinski definition) is 5. The number of carbonyl (C=O) groups is 2. The van der Waals surface area contributed by atoms with E-state index in [9.17, 15) is 9.59 Å². The maximum Gasteiger partial charge on any atom is 0.330 e. The van der Waals surface area contributed by atoms with Gasteiger partial charge in [-0.3, -0.25) is 4.79 Å². The molecule has 0 saturated carbocycles. The molecule has 1 heterocycles. The van der Waals surface area contributed by atoms with Crippen molar-refractivity contribution in [3.05, 3.63) is 59.4 Å². The molecule has 1 aliphatic heterocycles. The second-order valence-corrected chi connectivity index (χ2v) is 4.89. The van der Waals surface area contributed by atoms with E-state index in [4.69, 9.17) is 4.74 Å². The highest BCUT2D eigenvalue weighted by Gasteiger charge is 2.21. The van der Waals surface area contributed by atoms with Crippen molar-refractivity contribution in [2.75, 3.05) is 26.7 Å². The Kier molecular flexibility index (Phi) is 5.36. The lowest BCUT2D eigenvalue weighted by Crippen LogP contribution is -2.20. The van der Waals surface area contributed by atoms with Gasteiger partial charge >= 0.3 is 5.97 Å². The molecule has 0 spiro atoms. The average Bonchev–Trinajstić information content (AvgIpc) is 2.94. The van der Waals surface area contributed by atoms with Crippen molar-refractivity contribution in [1.82, 2.24) is 10.2 Å². The Morgan fingerprint density at radius 3 is 2.59 bits per heavy atom. The van der Waals surface area contributed by atoms with E-state index in [-0.39, 0.29) is 5.78 Å². The van der Waals surface area contributed by atoms with Crippen LogP contribution in [0.2, 0.25) is 0 Å². The lowest BCUT2D eigenvalue weighted by Gasteiger charge is -2.15. The van der Waals surface area contributed by atoms with Crippen molar-refractivity contribution in [1.29, 1.82) is 0 Å². The highest BCUT2D eigenvalue weighted by atomic mass is 16.5. The van der Waals surface area contributed by atoms with Crippen LogP contribution in [0, 0.1) is 0 Å². The zero-order valence-corrected chi connectivity index (χ0v) is 12.8. The molecule has 1 fully saturated rings. The molecule has 0 aromatic heterocycles. The number of Topliss-reactive ketones (excluding diaryl/α,β-unsaturated/α-hetero) is 1. The van der Waals surface area contributed by atoms with E-state index in [0.717, 1.165) is 18.9 Å². The third-order valence-corrected chi connectivity index (χ3v) is 3.33. The molecule has 22 heavy (non-hydrogen) atoms. The minimum absolute atomic E-state index is 0.127. The van der Waals surface area contributed by atoms with Crippen molar-refractivity contribution >= 4 is 11.8 Å². The molecule has 0 atom stereocenters. The summed E-state index contributed by atoms with van der Waals surface area (Å²) < 4.78 is 4.87. The van der Waals surface area contributed by atoms with Crippen LogP contribution in [-0.2, 0) is 9.53 Å². The molecule has 1 saturated heterocycles. The van der Waals surface area contributed by atoms with E-state index in [1.54, 1.807) is 19.1 Å². The van der Waals surface area contributed by atoms with Gasteiger partial charge in [0.2, 0.25) is 0 Å². The molecule has 1 aromatic carbocycles. The molecule has 0 unspecified atom stereocenters. The average molecular weight is 300 g/mol. The van der Waals surface area contributed by atoms with Gasteiger partial charge in [0.1, 0.15) is 5.82 Å². The van der Waals surface area contributed by atoms with E-state index in [1.165, 1.54) is 12.2 Å². The number of carbonyl (C=O) groups excluding carboxylic acids is 2. The molecule has 0 amide bonds. The number of allylic oxidation sites excluding steroid dienone is 2. The highest BCUT2D eigenvalue weighted by molar-refractivity contribution is 6.11. The standard InChI is InChI=1S/C17H20N2O3/c1-3-22-15(20)10-9-14(17-18-11-12-19(17)2)16(21)13-7-5-4-6-8-13/h4-10,18H,3,11-12H2,1-2H3/b10-9+,17-14+. The molecule has 5 nitrogen and oxygen atoms in total. The molecule has 0 bridgehead atoms. The summed E-state index contributed by atoms with van der Waals surface area (Å²) in [5.41, 5.74) is 1.04. The predicted molar refractivity (Wildman–Crippen MR) is 84.2 cm³/mol. The number of esters is 1. The third kappa shape index (κ3) is 3.75. The van der Waals surface area contributed by atoms with Gasteiger partial charge < -0.3 is 15.0 Å². The first kappa shape index (κ1) is 15.8. The lowest BCUT2D eigenvalue weighted by atomic mass is 10.0. The number of rotatable bonds is 5. The van der Waals surface area contributed by atoms with E-state index in [0.29, 0.717) is 17.7 Å². The smallest absolute Gasteiger partial charge is 0.330 e. The van der Waals surface area contributed by atoms with Gasteiger partial charge in [-0.15, -0.1) is 0 Å². The molecule has 2 rings (SSSR count). The van der Waals surface area contributed by atoms with Crippen LogP contribution in [0.1, 0.15) is 17.3 Å². The summed E-state index contributed by atoms with van der Waals surface area (Å²) in [4.78, 5) is 26.2. The fourth-order valence-corrected chi connectivity index (χ4v) is 2.24. The fraction of sp³-hybridized carbons (Fsp3) is 0.294. The quantitative estimate of drug-likeness (QED) is 0.510. The maximum atomic E-state index is 12.7. The molecule has 1 N–H and O–H groups in total. The Morgan fingerprint density at radius 1 is 1.27 bits per heavy atom. The summed E-state index contributed by atoms with van der Waals surface area (Å²) in [5.74, 6) is 0.147. The highest BCUT2D eigenvalue weighted by Crippen LogP contribution is 2.17. The van der Waals surface area contributed by atoms with Crippen LogP contribution < -0.4 is 5.32 Å². The summed E-state index contributed by atoms with van der Waals surface area (Å²) in [5, 5.41) is 3.19. The Balaban J connectivity index is 2.35. The molecule has 116 valence electrons. The molecule has 0 radical (unpaired) electrons. The number of hydrogen-bond donors (Lipinski definition) is 1. The lowest BCUT2D eigenvalue weighted by molar-refractivity contribution is -0.137. The van der Waals surface area contributed by atoms with Gasteiger partial charge in [0, 0.05) is 31.8 Å². The van der Waals surface area contributed by atoms with Crippen molar-refractivity contribution in [3.63, 3.8) is 0 Å². The largest absolute Gasteiger partial charge is 0.463 e.